The Morgan fingerprint density at radius 3 is 2.65 bits per heavy atom. The van der Waals surface area contributed by atoms with Gasteiger partial charge in [-0.2, -0.15) is 5.10 Å². The predicted octanol–water partition coefficient (Wildman–Crippen LogP) is 3.65. The lowest BCUT2D eigenvalue weighted by Crippen LogP contribution is -2.47. The number of hydrogen-bond donors (Lipinski definition) is 0. The van der Waals surface area contributed by atoms with Crippen LogP contribution in [0.4, 0.5) is 0 Å². The molecule has 0 aliphatic carbocycles. The van der Waals surface area contributed by atoms with Gasteiger partial charge in [0.2, 0.25) is 0 Å². The van der Waals surface area contributed by atoms with Crippen molar-refractivity contribution < 1.29 is 14.3 Å². The molecule has 0 atom stereocenters. The summed E-state index contributed by atoms with van der Waals surface area (Å²) in [6.45, 7) is 5.35. The van der Waals surface area contributed by atoms with Crippen molar-refractivity contribution in [2.24, 2.45) is 0 Å². The quantitative estimate of drug-likeness (QED) is 0.792. The molecular formula is C18H22ClN3O3S. The predicted molar refractivity (Wildman–Crippen MR) is 101 cm³/mol. The zero-order chi connectivity index (χ0) is 18.1. The standard InChI is InChI=1S/C18H22ClN3O3S/c1-2-7-22-14(12-13(20-22)15-3-4-16(19)26-15)17(23)21-8-5-18(6-9-21)24-10-11-25-18/h3-4,12H,2,5-11H2,1H3. The molecule has 0 saturated carbocycles. The summed E-state index contributed by atoms with van der Waals surface area (Å²) in [5.74, 6) is -0.452. The Hall–Kier alpha value is -1.41. The van der Waals surface area contributed by atoms with Crippen LogP contribution in [0.5, 0.6) is 0 Å². The van der Waals surface area contributed by atoms with E-state index in [0.29, 0.717) is 51.4 Å². The van der Waals surface area contributed by atoms with Crippen molar-refractivity contribution >= 4 is 28.8 Å². The Morgan fingerprint density at radius 1 is 1.31 bits per heavy atom. The van der Waals surface area contributed by atoms with E-state index in [9.17, 15) is 4.79 Å². The van der Waals surface area contributed by atoms with E-state index < -0.39 is 5.79 Å². The second kappa shape index (κ2) is 7.31. The first-order chi connectivity index (χ1) is 12.6. The van der Waals surface area contributed by atoms with Crippen LogP contribution < -0.4 is 0 Å². The highest BCUT2D eigenvalue weighted by Crippen LogP contribution is 2.33. The number of rotatable bonds is 4. The monoisotopic (exact) mass is 395 g/mol. The van der Waals surface area contributed by atoms with E-state index in [1.54, 1.807) is 0 Å². The number of halogens is 1. The van der Waals surface area contributed by atoms with Crippen LogP contribution >= 0.6 is 22.9 Å². The highest BCUT2D eigenvalue weighted by molar-refractivity contribution is 7.19. The summed E-state index contributed by atoms with van der Waals surface area (Å²) in [6, 6.07) is 5.68. The first kappa shape index (κ1) is 18.0. The number of ether oxygens (including phenoxy) is 2. The normalized spacial score (nSPS) is 19.4. The number of carbonyl (C=O) groups excluding carboxylic acids is 1. The molecule has 0 radical (unpaired) electrons. The molecular weight excluding hydrogens is 374 g/mol. The van der Waals surface area contributed by atoms with E-state index in [1.165, 1.54) is 11.3 Å². The fraction of sp³-hybridized carbons (Fsp3) is 0.556. The average Bonchev–Trinajstić information content (AvgIpc) is 3.36. The minimum atomic E-state index is -0.473. The molecule has 6 nitrogen and oxygen atoms in total. The lowest BCUT2D eigenvalue weighted by molar-refractivity contribution is -0.181. The van der Waals surface area contributed by atoms with Gasteiger partial charge < -0.3 is 14.4 Å². The molecule has 4 rings (SSSR count). The van der Waals surface area contributed by atoms with Crippen LogP contribution in [0, 0.1) is 0 Å². The number of thiophene rings is 1. The zero-order valence-corrected chi connectivity index (χ0v) is 16.3. The second-order valence-corrected chi connectivity index (χ2v) is 8.36. The molecule has 8 heteroatoms. The minimum Gasteiger partial charge on any atom is -0.347 e. The van der Waals surface area contributed by atoms with Gasteiger partial charge in [-0.05, 0) is 24.6 Å². The molecule has 2 aliphatic heterocycles. The largest absolute Gasteiger partial charge is 0.347 e. The topological polar surface area (TPSA) is 56.6 Å². The van der Waals surface area contributed by atoms with Gasteiger partial charge in [-0.1, -0.05) is 18.5 Å². The van der Waals surface area contributed by atoms with E-state index in [4.69, 9.17) is 21.1 Å². The number of amides is 1. The van der Waals surface area contributed by atoms with Crippen molar-refractivity contribution in [1.29, 1.82) is 0 Å². The minimum absolute atomic E-state index is 0.0210. The molecule has 0 bridgehead atoms. The molecule has 0 N–H and O–H groups in total. The summed E-state index contributed by atoms with van der Waals surface area (Å²) in [7, 11) is 0. The van der Waals surface area contributed by atoms with Gasteiger partial charge in [0.25, 0.3) is 5.91 Å². The van der Waals surface area contributed by atoms with Crippen molar-refractivity contribution in [2.45, 2.75) is 38.5 Å². The third kappa shape index (κ3) is 3.41. The number of aryl methyl sites for hydroxylation is 1. The number of carbonyl (C=O) groups is 1. The molecule has 4 heterocycles. The van der Waals surface area contributed by atoms with Gasteiger partial charge in [0.05, 0.1) is 22.4 Å². The molecule has 0 unspecified atom stereocenters. The number of nitrogens with zero attached hydrogens (tertiary/aromatic N) is 3. The summed E-state index contributed by atoms with van der Waals surface area (Å²) in [5, 5.41) is 4.64. The van der Waals surface area contributed by atoms with Gasteiger partial charge in [0, 0.05) is 32.5 Å². The van der Waals surface area contributed by atoms with Gasteiger partial charge in [-0.15, -0.1) is 11.3 Å². The summed E-state index contributed by atoms with van der Waals surface area (Å²) >= 11 is 7.52. The van der Waals surface area contributed by atoms with Crippen LogP contribution in [-0.2, 0) is 16.0 Å². The van der Waals surface area contributed by atoms with Crippen molar-refractivity contribution in [2.75, 3.05) is 26.3 Å². The Labute approximate surface area is 161 Å². The fourth-order valence-corrected chi connectivity index (χ4v) is 4.54. The Kier molecular flexibility index (Phi) is 5.05. The van der Waals surface area contributed by atoms with Crippen LogP contribution in [0.1, 0.15) is 36.7 Å². The molecule has 2 aromatic rings. The summed E-state index contributed by atoms with van der Waals surface area (Å²) in [5.41, 5.74) is 1.44. The second-order valence-electron chi connectivity index (χ2n) is 6.64. The zero-order valence-electron chi connectivity index (χ0n) is 14.7. The molecule has 1 amide bonds. The molecule has 2 fully saturated rings. The SMILES string of the molecule is CCCn1nc(-c2ccc(Cl)s2)cc1C(=O)N1CCC2(CC1)OCCO2. The fourth-order valence-electron chi connectivity index (χ4n) is 3.54. The number of likely N-dealkylation sites (tertiary alicyclic amines) is 1. The maximum Gasteiger partial charge on any atom is 0.272 e. The Morgan fingerprint density at radius 2 is 2.04 bits per heavy atom. The van der Waals surface area contributed by atoms with E-state index in [2.05, 4.69) is 12.0 Å². The van der Waals surface area contributed by atoms with Gasteiger partial charge in [0.1, 0.15) is 11.4 Å². The van der Waals surface area contributed by atoms with Crippen molar-refractivity contribution in [3.8, 4) is 10.6 Å². The molecule has 0 aromatic carbocycles. The van der Waals surface area contributed by atoms with Gasteiger partial charge in [0.15, 0.2) is 5.79 Å². The van der Waals surface area contributed by atoms with Crippen LogP contribution in [0.2, 0.25) is 4.34 Å². The average molecular weight is 396 g/mol. The van der Waals surface area contributed by atoms with E-state index >= 15 is 0 Å². The number of piperidine rings is 1. The first-order valence-corrected chi connectivity index (χ1v) is 10.2. The number of hydrogen-bond acceptors (Lipinski definition) is 5. The van der Waals surface area contributed by atoms with E-state index in [-0.39, 0.29) is 5.91 Å². The smallest absolute Gasteiger partial charge is 0.272 e. The summed E-state index contributed by atoms with van der Waals surface area (Å²) in [4.78, 5) is 16.0. The molecule has 1 spiro atoms. The van der Waals surface area contributed by atoms with Crippen molar-refractivity contribution in [3.63, 3.8) is 0 Å². The summed E-state index contributed by atoms with van der Waals surface area (Å²) in [6.07, 6.45) is 2.35. The molecule has 2 saturated heterocycles. The van der Waals surface area contributed by atoms with Gasteiger partial charge in [-0.25, -0.2) is 0 Å². The van der Waals surface area contributed by atoms with E-state index in [0.717, 1.165) is 21.3 Å². The molecule has 140 valence electrons. The van der Waals surface area contributed by atoms with Gasteiger partial charge >= 0.3 is 0 Å². The third-order valence-corrected chi connectivity index (χ3v) is 6.14. The lowest BCUT2D eigenvalue weighted by Gasteiger charge is -2.37. The Balaban J connectivity index is 1.54. The van der Waals surface area contributed by atoms with Gasteiger partial charge in [-0.3, -0.25) is 9.48 Å². The van der Waals surface area contributed by atoms with Crippen LogP contribution in [0.25, 0.3) is 10.6 Å². The molecule has 26 heavy (non-hydrogen) atoms. The van der Waals surface area contributed by atoms with Crippen LogP contribution in [0.3, 0.4) is 0 Å². The van der Waals surface area contributed by atoms with Crippen LogP contribution in [0.15, 0.2) is 18.2 Å². The highest BCUT2D eigenvalue weighted by Gasteiger charge is 2.41. The number of aromatic nitrogens is 2. The van der Waals surface area contributed by atoms with Crippen molar-refractivity contribution in [3.05, 3.63) is 28.2 Å². The highest BCUT2D eigenvalue weighted by atomic mass is 35.5. The molecule has 2 aromatic heterocycles. The van der Waals surface area contributed by atoms with E-state index in [1.807, 2.05) is 27.8 Å². The maximum atomic E-state index is 13.1. The Bertz CT molecular complexity index is 787. The lowest BCUT2D eigenvalue weighted by atomic mass is 10.0. The maximum absolute atomic E-state index is 13.1. The first-order valence-electron chi connectivity index (χ1n) is 9.01. The van der Waals surface area contributed by atoms with Crippen LogP contribution in [-0.4, -0.2) is 52.7 Å². The summed E-state index contributed by atoms with van der Waals surface area (Å²) < 4.78 is 14.0. The van der Waals surface area contributed by atoms with Crippen molar-refractivity contribution in [1.82, 2.24) is 14.7 Å². The third-order valence-electron chi connectivity index (χ3n) is 4.89. The molecule has 2 aliphatic rings.